The maximum Gasteiger partial charge on any atom is 0.407 e. The lowest BCUT2D eigenvalue weighted by Gasteiger charge is -2.29. The highest BCUT2D eigenvalue weighted by atomic mass is 16.6. The van der Waals surface area contributed by atoms with Crippen LogP contribution in [-0.2, 0) is 19.1 Å². The predicted molar refractivity (Wildman–Crippen MR) is 95.8 cm³/mol. The average Bonchev–Trinajstić information content (AvgIpc) is 2.51. The Kier molecular flexibility index (Phi) is 9.12. The number of rotatable bonds is 8. The molecule has 0 spiro atoms. The molecule has 0 unspecified atom stereocenters. The molecule has 0 aromatic rings. The molecule has 8 heteroatoms. The minimum Gasteiger partial charge on any atom is -0.478 e. The topological polar surface area (TPSA) is 114 Å². The molecule has 3 N–H and O–H groups in total. The van der Waals surface area contributed by atoms with E-state index in [0.717, 1.165) is 31.8 Å². The number of alkyl carbamates (subject to hydrolysis) is 1. The monoisotopic (exact) mass is 370 g/mol. The first-order chi connectivity index (χ1) is 12.2. The van der Waals surface area contributed by atoms with Gasteiger partial charge in [-0.05, 0) is 46.5 Å². The molecule has 0 aromatic heterocycles. The van der Waals surface area contributed by atoms with Crippen LogP contribution in [0.15, 0.2) is 12.2 Å². The second-order valence-electron chi connectivity index (χ2n) is 7.29. The van der Waals surface area contributed by atoms with Gasteiger partial charge < -0.3 is 25.2 Å². The number of amides is 2. The van der Waals surface area contributed by atoms with E-state index in [-0.39, 0.29) is 37.6 Å². The van der Waals surface area contributed by atoms with Gasteiger partial charge in [-0.1, -0.05) is 6.08 Å². The van der Waals surface area contributed by atoms with E-state index in [9.17, 15) is 14.4 Å². The summed E-state index contributed by atoms with van der Waals surface area (Å²) in [6.07, 6.45) is 5.59. The van der Waals surface area contributed by atoms with Gasteiger partial charge in [-0.25, -0.2) is 9.59 Å². The van der Waals surface area contributed by atoms with Gasteiger partial charge in [0.25, 0.3) is 0 Å². The van der Waals surface area contributed by atoms with Crippen LogP contribution in [0.4, 0.5) is 4.79 Å². The molecule has 1 fully saturated rings. The molecule has 148 valence electrons. The van der Waals surface area contributed by atoms with Gasteiger partial charge in [-0.15, -0.1) is 0 Å². The quantitative estimate of drug-likeness (QED) is 0.563. The molecule has 0 aliphatic heterocycles. The second kappa shape index (κ2) is 10.8. The van der Waals surface area contributed by atoms with Gasteiger partial charge >= 0.3 is 12.1 Å². The van der Waals surface area contributed by atoms with Crippen molar-refractivity contribution in [1.82, 2.24) is 10.6 Å². The molecular weight excluding hydrogens is 340 g/mol. The Balaban J connectivity index is 2.13. The molecule has 0 radical (unpaired) electrons. The fraction of sp³-hybridized carbons (Fsp3) is 0.722. The Hall–Kier alpha value is -2.09. The Labute approximate surface area is 154 Å². The first-order valence-electron chi connectivity index (χ1n) is 8.93. The van der Waals surface area contributed by atoms with Crippen molar-refractivity contribution in [2.24, 2.45) is 0 Å². The van der Waals surface area contributed by atoms with Crippen LogP contribution in [0, 0.1) is 0 Å². The van der Waals surface area contributed by atoms with E-state index in [4.69, 9.17) is 14.6 Å². The number of carbonyl (C=O) groups is 3. The molecule has 1 aliphatic rings. The predicted octanol–water partition coefficient (Wildman–Crippen LogP) is 1.99. The van der Waals surface area contributed by atoms with Crippen molar-refractivity contribution in [2.75, 3.05) is 13.2 Å². The highest BCUT2D eigenvalue weighted by molar-refractivity contribution is 5.79. The van der Waals surface area contributed by atoms with Gasteiger partial charge in [0, 0.05) is 25.1 Å². The summed E-state index contributed by atoms with van der Waals surface area (Å²) >= 11 is 0. The molecule has 0 atom stereocenters. The standard InChI is InChI=1S/C18H30N2O6/c1-18(2,3)26-17(24)19-11-10-15(21)20-13-6-8-14(9-7-13)25-12-4-5-16(22)23/h4-5,13-14H,6-12H2,1-3H3,(H,19,24)(H,20,21)(H,22,23)/b5-4+. The molecule has 1 aliphatic carbocycles. The first-order valence-corrected chi connectivity index (χ1v) is 8.93. The first kappa shape index (κ1) is 22.0. The molecule has 0 bridgehead atoms. The van der Waals surface area contributed by atoms with E-state index < -0.39 is 17.7 Å². The van der Waals surface area contributed by atoms with Crippen molar-refractivity contribution >= 4 is 18.0 Å². The van der Waals surface area contributed by atoms with Gasteiger partial charge in [0.1, 0.15) is 5.60 Å². The fourth-order valence-corrected chi connectivity index (χ4v) is 2.61. The molecule has 0 saturated heterocycles. The number of hydrogen-bond donors (Lipinski definition) is 3. The van der Waals surface area contributed by atoms with E-state index >= 15 is 0 Å². The molecule has 26 heavy (non-hydrogen) atoms. The van der Waals surface area contributed by atoms with Gasteiger partial charge in [-0.2, -0.15) is 0 Å². The summed E-state index contributed by atoms with van der Waals surface area (Å²) in [5.74, 6) is -1.09. The lowest BCUT2D eigenvalue weighted by molar-refractivity contribution is -0.131. The van der Waals surface area contributed by atoms with Crippen LogP contribution in [0.5, 0.6) is 0 Å². The highest BCUT2D eigenvalue weighted by Gasteiger charge is 2.22. The molecule has 0 aromatic carbocycles. The number of ether oxygens (including phenoxy) is 2. The summed E-state index contributed by atoms with van der Waals surface area (Å²) < 4.78 is 10.7. The third kappa shape index (κ3) is 10.7. The van der Waals surface area contributed by atoms with E-state index in [0.29, 0.717) is 0 Å². The number of nitrogens with one attached hydrogen (secondary N) is 2. The Morgan fingerprint density at radius 1 is 1.15 bits per heavy atom. The number of carboxylic acids is 1. The molecule has 0 heterocycles. The third-order valence-corrected chi connectivity index (χ3v) is 3.75. The number of carboxylic acid groups (broad SMARTS) is 1. The number of hydrogen-bond acceptors (Lipinski definition) is 5. The van der Waals surface area contributed by atoms with Gasteiger partial charge in [0.15, 0.2) is 0 Å². The largest absolute Gasteiger partial charge is 0.478 e. The van der Waals surface area contributed by atoms with Gasteiger partial charge in [0.2, 0.25) is 5.91 Å². The van der Waals surface area contributed by atoms with Crippen LogP contribution in [-0.4, -0.2) is 54.0 Å². The highest BCUT2D eigenvalue weighted by Crippen LogP contribution is 2.21. The Morgan fingerprint density at radius 2 is 1.81 bits per heavy atom. The van der Waals surface area contributed by atoms with E-state index in [1.54, 1.807) is 20.8 Å². The zero-order valence-electron chi connectivity index (χ0n) is 15.7. The summed E-state index contributed by atoms with van der Waals surface area (Å²) in [6.45, 7) is 5.85. The minimum atomic E-state index is -0.985. The SMILES string of the molecule is CC(C)(C)OC(=O)NCCC(=O)NC1CCC(OC/C=C/C(=O)O)CC1. The van der Waals surface area contributed by atoms with Crippen LogP contribution >= 0.6 is 0 Å². The van der Waals surface area contributed by atoms with Crippen LogP contribution in [0.2, 0.25) is 0 Å². The van der Waals surface area contributed by atoms with Crippen molar-refractivity contribution in [2.45, 2.75) is 70.6 Å². The van der Waals surface area contributed by atoms with Crippen LogP contribution in [0.1, 0.15) is 52.9 Å². The smallest absolute Gasteiger partial charge is 0.407 e. The fourth-order valence-electron chi connectivity index (χ4n) is 2.61. The van der Waals surface area contributed by atoms with Crippen molar-refractivity contribution in [3.63, 3.8) is 0 Å². The normalized spacial score (nSPS) is 20.6. The van der Waals surface area contributed by atoms with Crippen molar-refractivity contribution < 1.29 is 29.0 Å². The molecular formula is C18H30N2O6. The van der Waals surface area contributed by atoms with Crippen LogP contribution < -0.4 is 10.6 Å². The second-order valence-corrected chi connectivity index (χ2v) is 7.29. The maximum absolute atomic E-state index is 11.9. The maximum atomic E-state index is 11.9. The van der Waals surface area contributed by atoms with E-state index in [2.05, 4.69) is 10.6 Å². The van der Waals surface area contributed by atoms with E-state index in [1.165, 1.54) is 6.08 Å². The third-order valence-electron chi connectivity index (χ3n) is 3.75. The summed E-state index contributed by atoms with van der Waals surface area (Å²) in [7, 11) is 0. The van der Waals surface area contributed by atoms with Crippen molar-refractivity contribution in [3.05, 3.63) is 12.2 Å². The molecule has 1 rings (SSSR count). The summed E-state index contributed by atoms with van der Waals surface area (Å²) in [6, 6.07) is 0.110. The van der Waals surface area contributed by atoms with Gasteiger partial charge in [-0.3, -0.25) is 4.79 Å². The summed E-state index contributed by atoms with van der Waals surface area (Å²) in [5.41, 5.74) is -0.559. The van der Waals surface area contributed by atoms with Crippen molar-refractivity contribution in [1.29, 1.82) is 0 Å². The summed E-state index contributed by atoms with van der Waals surface area (Å²) in [5, 5.41) is 14.0. The zero-order chi connectivity index (χ0) is 19.6. The number of aliphatic carboxylic acids is 1. The molecule has 2 amide bonds. The average molecular weight is 370 g/mol. The molecule has 1 saturated carbocycles. The lowest BCUT2D eigenvalue weighted by atomic mass is 9.93. The van der Waals surface area contributed by atoms with E-state index in [1.807, 2.05) is 0 Å². The number of carbonyl (C=O) groups excluding carboxylic acids is 2. The lowest BCUT2D eigenvalue weighted by Crippen LogP contribution is -2.41. The minimum absolute atomic E-state index is 0.0930. The molecule has 8 nitrogen and oxygen atoms in total. The Bertz CT molecular complexity index is 504. The van der Waals surface area contributed by atoms with Crippen LogP contribution in [0.3, 0.4) is 0 Å². The zero-order valence-corrected chi connectivity index (χ0v) is 15.7. The Morgan fingerprint density at radius 3 is 2.38 bits per heavy atom. The summed E-state index contributed by atoms with van der Waals surface area (Å²) in [4.78, 5) is 33.8. The van der Waals surface area contributed by atoms with Crippen LogP contribution in [0.25, 0.3) is 0 Å². The van der Waals surface area contributed by atoms with Gasteiger partial charge in [0.05, 0.1) is 12.7 Å². The van der Waals surface area contributed by atoms with Crippen molar-refractivity contribution in [3.8, 4) is 0 Å².